The predicted octanol–water partition coefficient (Wildman–Crippen LogP) is 4.79. The highest BCUT2D eigenvalue weighted by Crippen LogP contribution is 2.25. The Morgan fingerprint density at radius 2 is 1.86 bits per heavy atom. The largest absolute Gasteiger partial charge is 0.481 e. The van der Waals surface area contributed by atoms with Gasteiger partial charge in [-0.05, 0) is 55.2 Å². The van der Waals surface area contributed by atoms with Crippen molar-refractivity contribution < 1.29 is 9.53 Å². The van der Waals surface area contributed by atoms with Crippen molar-refractivity contribution in [2.24, 2.45) is 0 Å². The maximum absolute atomic E-state index is 12.5. The quantitative estimate of drug-likeness (QED) is 0.672. The number of nitrogens with one attached hydrogen (secondary N) is 1. The van der Waals surface area contributed by atoms with E-state index in [1.54, 1.807) is 11.5 Å². The molecule has 6 heteroatoms. The molecular weight excluding hydrogens is 372 g/mol. The fourth-order valence-electron chi connectivity index (χ4n) is 2.98. The van der Waals surface area contributed by atoms with Crippen LogP contribution in [0.1, 0.15) is 40.2 Å². The molecule has 0 spiro atoms. The fourth-order valence-corrected chi connectivity index (χ4v) is 3.97. The van der Waals surface area contributed by atoms with E-state index in [9.17, 15) is 9.59 Å². The number of nitrogens with zero attached hydrogens (tertiary/aromatic N) is 1. The third-order valence-corrected chi connectivity index (χ3v) is 5.60. The minimum atomic E-state index is -0.643. The van der Waals surface area contributed by atoms with Crippen molar-refractivity contribution in [2.45, 2.75) is 52.7 Å². The van der Waals surface area contributed by atoms with E-state index in [-0.39, 0.29) is 16.2 Å². The van der Waals surface area contributed by atoms with Crippen molar-refractivity contribution in [1.29, 1.82) is 0 Å². The normalized spacial score (nSPS) is 12.8. The monoisotopic (exact) mass is 398 g/mol. The van der Waals surface area contributed by atoms with Crippen LogP contribution in [0.4, 0.5) is 5.69 Å². The lowest BCUT2D eigenvalue weighted by molar-refractivity contribution is -0.122. The number of aromatic nitrogens is 1. The van der Waals surface area contributed by atoms with E-state index in [0.717, 1.165) is 10.2 Å². The van der Waals surface area contributed by atoms with E-state index < -0.39 is 6.10 Å². The van der Waals surface area contributed by atoms with Crippen LogP contribution in [0.5, 0.6) is 5.75 Å². The van der Waals surface area contributed by atoms with Gasteiger partial charge in [-0.1, -0.05) is 44.2 Å². The summed E-state index contributed by atoms with van der Waals surface area (Å²) in [4.78, 5) is 24.5. The molecule has 0 unspecified atom stereocenters. The molecule has 0 aliphatic rings. The molecule has 148 valence electrons. The first-order valence-corrected chi connectivity index (χ1v) is 10.2. The summed E-state index contributed by atoms with van der Waals surface area (Å²) < 4.78 is 8.36. The van der Waals surface area contributed by atoms with Crippen LogP contribution in [0.2, 0.25) is 0 Å². The molecule has 3 aromatic rings. The van der Waals surface area contributed by atoms with Crippen LogP contribution >= 0.6 is 11.3 Å². The highest BCUT2D eigenvalue weighted by Gasteiger charge is 2.17. The summed E-state index contributed by atoms with van der Waals surface area (Å²) in [6.07, 6.45) is -0.643. The van der Waals surface area contributed by atoms with Crippen molar-refractivity contribution in [3.05, 3.63) is 57.7 Å². The smallest absolute Gasteiger partial charge is 0.308 e. The number of fused-ring (bicyclic) bond motifs is 1. The Morgan fingerprint density at radius 1 is 1.18 bits per heavy atom. The molecule has 0 fully saturated rings. The Morgan fingerprint density at radius 3 is 2.46 bits per heavy atom. The number of anilines is 1. The first kappa shape index (κ1) is 20.1. The molecular formula is C22H26N2O3S. The molecule has 1 N–H and O–H groups in total. The molecule has 0 aliphatic carbocycles. The molecule has 1 amide bonds. The number of benzene rings is 2. The van der Waals surface area contributed by atoms with Gasteiger partial charge in [-0.3, -0.25) is 14.2 Å². The molecule has 0 saturated heterocycles. The molecule has 1 aromatic heterocycles. The minimum absolute atomic E-state index is 0.0105. The van der Waals surface area contributed by atoms with Crippen LogP contribution in [-0.4, -0.2) is 16.6 Å². The average molecular weight is 399 g/mol. The van der Waals surface area contributed by atoms with Crippen molar-refractivity contribution >= 4 is 33.1 Å². The summed E-state index contributed by atoms with van der Waals surface area (Å²) in [5.74, 6) is 0.422. The zero-order valence-electron chi connectivity index (χ0n) is 16.9. The number of rotatable bonds is 5. The lowest BCUT2D eigenvalue weighted by atomic mass is 9.87. The van der Waals surface area contributed by atoms with Crippen LogP contribution in [-0.2, 0) is 16.8 Å². The highest BCUT2D eigenvalue weighted by molar-refractivity contribution is 7.16. The lowest BCUT2D eigenvalue weighted by Gasteiger charge is -2.20. The maximum atomic E-state index is 12.5. The minimum Gasteiger partial charge on any atom is -0.481 e. The van der Waals surface area contributed by atoms with Crippen LogP contribution in [0.25, 0.3) is 10.2 Å². The van der Waals surface area contributed by atoms with Gasteiger partial charge in [0.05, 0.1) is 10.2 Å². The summed E-state index contributed by atoms with van der Waals surface area (Å²) in [7, 11) is 0. The highest BCUT2D eigenvalue weighted by atomic mass is 32.1. The molecule has 3 rings (SSSR count). The third-order valence-electron chi connectivity index (χ3n) is 4.65. The van der Waals surface area contributed by atoms with Crippen LogP contribution < -0.4 is 14.9 Å². The van der Waals surface area contributed by atoms with E-state index in [1.165, 1.54) is 16.9 Å². The first-order valence-electron chi connectivity index (χ1n) is 9.40. The number of hydrogen-bond donors (Lipinski definition) is 1. The number of carbonyl (C=O) groups excluding carboxylic acids is 1. The Kier molecular flexibility index (Phi) is 5.61. The van der Waals surface area contributed by atoms with E-state index in [1.807, 2.05) is 49.4 Å². The summed E-state index contributed by atoms with van der Waals surface area (Å²) in [5, 5.41) is 2.87. The van der Waals surface area contributed by atoms with E-state index >= 15 is 0 Å². The van der Waals surface area contributed by atoms with E-state index in [0.29, 0.717) is 18.0 Å². The number of ether oxygens (including phenoxy) is 1. The third kappa shape index (κ3) is 4.28. The molecule has 1 atom stereocenters. The fraction of sp³-hybridized carbons (Fsp3) is 0.364. The van der Waals surface area contributed by atoms with Crippen LogP contribution in [0.3, 0.4) is 0 Å². The van der Waals surface area contributed by atoms with Crippen molar-refractivity contribution in [2.75, 3.05) is 5.32 Å². The van der Waals surface area contributed by atoms with Gasteiger partial charge >= 0.3 is 4.87 Å². The number of carbonyl (C=O) groups is 1. The Hall–Kier alpha value is -2.60. The Labute approximate surface area is 169 Å². The Bertz CT molecular complexity index is 1040. The number of aryl methyl sites for hydroxylation is 1. The lowest BCUT2D eigenvalue weighted by Crippen LogP contribution is -2.30. The second-order valence-corrected chi connectivity index (χ2v) is 8.81. The summed E-state index contributed by atoms with van der Waals surface area (Å²) >= 11 is 1.18. The molecule has 5 nitrogen and oxygen atoms in total. The number of hydrogen-bond acceptors (Lipinski definition) is 4. The van der Waals surface area contributed by atoms with E-state index in [4.69, 9.17) is 4.74 Å². The molecule has 28 heavy (non-hydrogen) atoms. The first-order chi connectivity index (χ1) is 13.2. The molecule has 0 radical (unpaired) electrons. The zero-order valence-corrected chi connectivity index (χ0v) is 17.7. The second kappa shape index (κ2) is 7.80. The second-order valence-electron chi connectivity index (χ2n) is 7.82. The van der Waals surface area contributed by atoms with Gasteiger partial charge in [0.1, 0.15) is 5.75 Å². The molecule has 2 aromatic carbocycles. The molecule has 0 saturated carbocycles. The topological polar surface area (TPSA) is 60.3 Å². The zero-order chi connectivity index (χ0) is 20.5. The van der Waals surface area contributed by atoms with Gasteiger partial charge in [-0.2, -0.15) is 0 Å². The standard InChI is InChI=1S/C22H26N2O3S/c1-6-24-18-12-9-16(13-19(18)28-21(24)26)23-20(25)14(2)27-17-10-7-15(8-11-17)22(3,4)5/h7-14H,6H2,1-5H3,(H,23,25)/t14-/m0/s1. The van der Waals surface area contributed by atoms with Crippen molar-refractivity contribution in [3.8, 4) is 5.75 Å². The van der Waals surface area contributed by atoms with Crippen molar-refractivity contribution in [1.82, 2.24) is 4.57 Å². The summed E-state index contributed by atoms with van der Waals surface area (Å²) in [6, 6.07) is 13.3. The summed E-state index contributed by atoms with van der Waals surface area (Å²) in [5.41, 5.74) is 2.82. The molecule has 1 heterocycles. The number of amides is 1. The number of thiazole rings is 1. The van der Waals surface area contributed by atoms with E-state index in [2.05, 4.69) is 26.1 Å². The van der Waals surface area contributed by atoms with Crippen LogP contribution in [0, 0.1) is 0 Å². The van der Waals surface area contributed by atoms with Gasteiger partial charge < -0.3 is 10.1 Å². The average Bonchev–Trinajstić information content (AvgIpc) is 2.95. The maximum Gasteiger partial charge on any atom is 0.308 e. The van der Waals surface area contributed by atoms with Gasteiger partial charge in [0, 0.05) is 12.2 Å². The van der Waals surface area contributed by atoms with Crippen LogP contribution in [0.15, 0.2) is 47.3 Å². The van der Waals surface area contributed by atoms with Gasteiger partial charge in [0.25, 0.3) is 5.91 Å². The van der Waals surface area contributed by atoms with Crippen molar-refractivity contribution in [3.63, 3.8) is 0 Å². The molecule has 0 bridgehead atoms. The predicted molar refractivity (Wildman–Crippen MR) is 116 cm³/mol. The Balaban J connectivity index is 1.68. The van der Waals surface area contributed by atoms with Gasteiger partial charge in [0.2, 0.25) is 0 Å². The van der Waals surface area contributed by atoms with Gasteiger partial charge in [-0.15, -0.1) is 0 Å². The SMILES string of the molecule is CCn1c(=O)sc2cc(NC(=O)[C@H](C)Oc3ccc(C(C)(C)C)cc3)ccc21. The van der Waals surface area contributed by atoms with Gasteiger partial charge in [-0.25, -0.2) is 0 Å². The van der Waals surface area contributed by atoms with Gasteiger partial charge in [0.15, 0.2) is 6.10 Å². The molecule has 0 aliphatic heterocycles. The summed E-state index contributed by atoms with van der Waals surface area (Å²) in [6.45, 7) is 10.8.